The van der Waals surface area contributed by atoms with Gasteiger partial charge in [0.15, 0.2) is 0 Å². The molecular formula is C21H25N5O. The predicted octanol–water partition coefficient (Wildman–Crippen LogP) is 4.37. The highest BCUT2D eigenvalue weighted by Gasteiger charge is 2.10. The summed E-state index contributed by atoms with van der Waals surface area (Å²) >= 11 is 0. The van der Waals surface area contributed by atoms with Gasteiger partial charge in [0.25, 0.3) is 0 Å². The highest BCUT2D eigenvalue weighted by atomic mass is 16.5. The summed E-state index contributed by atoms with van der Waals surface area (Å²) < 4.78 is 5.42. The topological polar surface area (TPSA) is 72.0 Å². The standard InChI is InChI=1S/C21H25N5O/c1-4-15(2)24-21-25-18(17-10-7-8-12-22-17)13-20(26-21)23-14-16-9-5-6-11-19(16)27-3/h5-13,15H,4,14H2,1-3H3,(H2,23,24,25,26)/t15-/m0/s1. The molecule has 0 radical (unpaired) electrons. The van der Waals surface area contributed by atoms with Crippen molar-refractivity contribution < 1.29 is 4.74 Å². The first kappa shape index (κ1) is 18.6. The van der Waals surface area contributed by atoms with Gasteiger partial charge < -0.3 is 15.4 Å². The molecule has 2 heterocycles. The number of ether oxygens (including phenoxy) is 1. The van der Waals surface area contributed by atoms with Gasteiger partial charge in [-0.05, 0) is 31.5 Å². The minimum absolute atomic E-state index is 0.283. The highest BCUT2D eigenvalue weighted by Crippen LogP contribution is 2.22. The summed E-state index contributed by atoms with van der Waals surface area (Å²) in [7, 11) is 1.68. The van der Waals surface area contributed by atoms with Gasteiger partial charge >= 0.3 is 0 Å². The van der Waals surface area contributed by atoms with Crippen molar-refractivity contribution in [1.82, 2.24) is 15.0 Å². The van der Waals surface area contributed by atoms with Crippen molar-refractivity contribution in [3.05, 3.63) is 60.3 Å². The first-order valence-electron chi connectivity index (χ1n) is 9.12. The van der Waals surface area contributed by atoms with Crippen molar-refractivity contribution >= 4 is 11.8 Å². The van der Waals surface area contributed by atoms with Crippen molar-refractivity contribution in [3.8, 4) is 17.1 Å². The molecule has 3 aromatic rings. The number of methoxy groups -OCH3 is 1. The van der Waals surface area contributed by atoms with Gasteiger partial charge in [-0.25, -0.2) is 4.98 Å². The zero-order valence-electron chi connectivity index (χ0n) is 15.9. The van der Waals surface area contributed by atoms with E-state index in [9.17, 15) is 0 Å². The number of rotatable bonds is 8. The van der Waals surface area contributed by atoms with E-state index in [0.29, 0.717) is 12.5 Å². The van der Waals surface area contributed by atoms with E-state index in [1.807, 2.05) is 48.5 Å². The number of benzene rings is 1. The minimum Gasteiger partial charge on any atom is -0.496 e. The van der Waals surface area contributed by atoms with Gasteiger partial charge in [-0.3, -0.25) is 4.98 Å². The molecule has 6 heteroatoms. The Kier molecular flexibility index (Phi) is 6.20. The fraction of sp³-hybridized carbons (Fsp3) is 0.286. The molecule has 1 aromatic carbocycles. The summed E-state index contributed by atoms with van der Waals surface area (Å²) in [4.78, 5) is 13.7. The monoisotopic (exact) mass is 363 g/mol. The number of para-hydroxylation sites is 1. The molecule has 0 aliphatic carbocycles. The lowest BCUT2D eigenvalue weighted by atomic mass is 10.2. The van der Waals surface area contributed by atoms with E-state index in [2.05, 4.69) is 39.4 Å². The second-order valence-electron chi connectivity index (χ2n) is 6.30. The lowest BCUT2D eigenvalue weighted by Crippen LogP contribution is -2.16. The number of nitrogens with one attached hydrogen (secondary N) is 2. The molecule has 0 bridgehead atoms. The molecule has 0 aliphatic heterocycles. The van der Waals surface area contributed by atoms with E-state index in [-0.39, 0.29) is 6.04 Å². The van der Waals surface area contributed by atoms with Crippen LogP contribution in [-0.4, -0.2) is 28.1 Å². The van der Waals surface area contributed by atoms with Crippen LogP contribution in [0.4, 0.5) is 11.8 Å². The second kappa shape index (κ2) is 8.98. The van der Waals surface area contributed by atoms with Gasteiger partial charge in [-0.1, -0.05) is 31.2 Å². The number of pyridine rings is 1. The predicted molar refractivity (Wildman–Crippen MR) is 109 cm³/mol. The molecule has 0 saturated heterocycles. The van der Waals surface area contributed by atoms with Gasteiger partial charge in [-0.2, -0.15) is 4.98 Å². The number of nitrogens with zero attached hydrogens (tertiary/aromatic N) is 3. The summed E-state index contributed by atoms with van der Waals surface area (Å²) in [6, 6.07) is 15.9. The van der Waals surface area contributed by atoms with Gasteiger partial charge in [0, 0.05) is 30.4 Å². The van der Waals surface area contributed by atoms with Crippen LogP contribution in [0, 0.1) is 0 Å². The average Bonchev–Trinajstić information content (AvgIpc) is 2.72. The zero-order chi connectivity index (χ0) is 19.1. The molecule has 1 atom stereocenters. The van der Waals surface area contributed by atoms with E-state index < -0.39 is 0 Å². The molecule has 0 saturated carbocycles. The molecule has 27 heavy (non-hydrogen) atoms. The van der Waals surface area contributed by atoms with E-state index in [0.717, 1.165) is 34.9 Å². The van der Waals surface area contributed by atoms with Crippen molar-refractivity contribution in [2.45, 2.75) is 32.9 Å². The number of anilines is 2. The maximum atomic E-state index is 5.42. The Balaban J connectivity index is 1.87. The normalized spacial score (nSPS) is 11.7. The van der Waals surface area contributed by atoms with Crippen molar-refractivity contribution in [2.24, 2.45) is 0 Å². The molecule has 140 valence electrons. The number of aromatic nitrogens is 3. The maximum absolute atomic E-state index is 5.42. The average molecular weight is 363 g/mol. The highest BCUT2D eigenvalue weighted by molar-refractivity contribution is 5.61. The Morgan fingerprint density at radius 1 is 1.04 bits per heavy atom. The Bertz CT molecular complexity index is 869. The lowest BCUT2D eigenvalue weighted by Gasteiger charge is -2.15. The summed E-state index contributed by atoms with van der Waals surface area (Å²) in [5, 5.41) is 6.73. The molecule has 0 amide bonds. The van der Waals surface area contributed by atoms with Crippen LogP contribution < -0.4 is 15.4 Å². The van der Waals surface area contributed by atoms with Gasteiger partial charge in [0.2, 0.25) is 5.95 Å². The molecule has 0 unspecified atom stereocenters. The van der Waals surface area contributed by atoms with Gasteiger partial charge in [0.05, 0.1) is 18.5 Å². The van der Waals surface area contributed by atoms with Crippen molar-refractivity contribution in [1.29, 1.82) is 0 Å². The van der Waals surface area contributed by atoms with Crippen LogP contribution in [0.15, 0.2) is 54.7 Å². The minimum atomic E-state index is 0.283. The molecule has 6 nitrogen and oxygen atoms in total. The molecule has 0 aliphatic rings. The zero-order valence-corrected chi connectivity index (χ0v) is 15.9. The number of hydrogen-bond donors (Lipinski definition) is 2. The van der Waals surface area contributed by atoms with Crippen LogP contribution in [0.5, 0.6) is 5.75 Å². The maximum Gasteiger partial charge on any atom is 0.225 e. The molecule has 3 rings (SSSR count). The van der Waals surface area contributed by atoms with E-state index in [1.165, 1.54) is 0 Å². The van der Waals surface area contributed by atoms with Crippen molar-refractivity contribution in [3.63, 3.8) is 0 Å². The van der Waals surface area contributed by atoms with Gasteiger partial charge in [-0.15, -0.1) is 0 Å². The molecule has 2 N–H and O–H groups in total. The smallest absolute Gasteiger partial charge is 0.225 e. The number of hydrogen-bond acceptors (Lipinski definition) is 6. The van der Waals surface area contributed by atoms with E-state index >= 15 is 0 Å². The fourth-order valence-corrected chi connectivity index (χ4v) is 2.61. The Labute approximate surface area is 160 Å². The van der Waals surface area contributed by atoms with Crippen LogP contribution in [0.2, 0.25) is 0 Å². The quantitative estimate of drug-likeness (QED) is 0.619. The summed E-state index contributed by atoms with van der Waals surface area (Å²) in [6.07, 6.45) is 2.75. The first-order valence-corrected chi connectivity index (χ1v) is 9.12. The van der Waals surface area contributed by atoms with E-state index in [1.54, 1.807) is 13.3 Å². The molecule has 0 fully saturated rings. The SMILES string of the molecule is CC[C@H](C)Nc1nc(NCc2ccccc2OC)cc(-c2ccccn2)n1. The molecular weight excluding hydrogens is 338 g/mol. The van der Waals surface area contributed by atoms with Crippen LogP contribution in [0.3, 0.4) is 0 Å². The second-order valence-corrected chi connectivity index (χ2v) is 6.30. The van der Waals surface area contributed by atoms with Crippen molar-refractivity contribution in [2.75, 3.05) is 17.7 Å². The van der Waals surface area contributed by atoms with E-state index in [4.69, 9.17) is 4.74 Å². The van der Waals surface area contributed by atoms with Crippen LogP contribution in [0.1, 0.15) is 25.8 Å². The third-order valence-electron chi connectivity index (χ3n) is 4.29. The first-order chi connectivity index (χ1) is 13.2. The third-order valence-corrected chi connectivity index (χ3v) is 4.29. The lowest BCUT2D eigenvalue weighted by molar-refractivity contribution is 0.410. The summed E-state index contributed by atoms with van der Waals surface area (Å²) in [5.74, 6) is 2.18. The molecule has 2 aromatic heterocycles. The Morgan fingerprint density at radius 2 is 1.85 bits per heavy atom. The molecule has 0 spiro atoms. The van der Waals surface area contributed by atoms with Gasteiger partial charge in [0.1, 0.15) is 11.6 Å². The Hall–Kier alpha value is -3.15. The van der Waals surface area contributed by atoms with Crippen LogP contribution in [0.25, 0.3) is 11.4 Å². The largest absolute Gasteiger partial charge is 0.496 e. The van der Waals surface area contributed by atoms with Crippen LogP contribution in [-0.2, 0) is 6.54 Å². The fourth-order valence-electron chi connectivity index (χ4n) is 2.61. The summed E-state index contributed by atoms with van der Waals surface area (Å²) in [5.41, 5.74) is 2.65. The summed E-state index contributed by atoms with van der Waals surface area (Å²) in [6.45, 7) is 4.84. The third kappa shape index (κ3) is 4.94. The Morgan fingerprint density at radius 3 is 2.59 bits per heavy atom. The van der Waals surface area contributed by atoms with Crippen LogP contribution >= 0.6 is 0 Å².